The van der Waals surface area contributed by atoms with Gasteiger partial charge in [0.15, 0.2) is 0 Å². The van der Waals surface area contributed by atoms with Crippen LogP contribution in [0.2, 0.25) is 0 Å². The minimum atomic E-state index is -1.16. The minimum Gasteiger partial charge on any atom is -0.478 e. The molecule has 1 aromatic carbocycles. The van der Waals surface area contributed by atoms with Crippen LogP contribution >= 0.6 is 0 Å². The van der Waals surface area contributed by atoms with E-state index in [2.05, 4.69) is 9.97 Å². The third-order valence-corrected chi connectivity index (χ3v) is 3.37. The van der Waals surface area contributed by atoms with E-state index in [0.29, 0.717) is 5.56 Å². The summed E-state index contributed by atoms with van der Waals surface area (Å²) in [6.45, 7) is 5.10. The monoisotopic (exact) mass is 316 g/mol. The first kappa shape index (κ1) is 16.4. The topological polar surface area (TPSA) is 120 Å². The van der Waals surface area contributed by atoms with Crippen molar-refractivity contribution in [1.29, 1.82) is 0 Å². The van der Waals surface area contributed by atoms with Gasteiger partial charge in [-0.1, -0.05) is 13.8 Å². The van der Waals surface area contributed by atoms with Crippen molar-refractivity contribution in [1.82, 2.24) is 9.97 Å². The predicted molar refractivity (Wildman–Crippen MR) is 83.3 cm³/mol. The van der Waals surface area contributed by atoms with Crippen molar-refractivity contribution in [2.45, 2.75) is 26.7 Å². The Morgan fingerprint density at radius 1 is 1.04 bits per heavy atom. The summed E-state index contributed by atoms with van der Waals surface area (Å²) in [4.78, 5) is 51.7. The molecule has 0 aliphatic rings. The SMILES string of the molecule is Cc1cc(C(=O)O)cc(C(=O)c2[nH]c(=O)[nH]c(=O)c2C(C)C)c1. The number of hydrogen-bond donors (Lipinski definition) is 3. The zero-order valence-corrected chi connectivity index (χ0v) is 12.9. The van der Waals surface area contributed by atoms with Gasteiger partial charge in [-0.3, -0.25) is 14.6 Å². The summed E-state index contributed by atoms with van der Waals surface area (Å²) in [5.41, 5.74) is -0.709. The number of carbonyl (C=O) groups excluding carboxylic acids is 1. The van der Waals surface area contributed by atoms with E-state index < -0.39 is 23.0 Å². The molecule has 0 unspecified atom stereocenters. The number of aromatic nitrogens is 2. The third-order valence-electron chi connectivity index (χ3n) is 3.37. The summed E-state index contributed by atoms with van der Waals surface area (Å²) < 4.78 is 0. The van der Waals surface area contributed by atoms with Crippen LogP contribution in [-0.4, -0.2) is 26.8 Å². The van der Waals surface area contributed by atoms with Gasteiger partial charge in [0.2, 0.25) is 5.78 Å². The zero-order valence-electron chi connectivity index (χ0n) is 12.9. The van der Waals surface area contributed by atoms with E-state index in [-0.39, 0.29) is 28.3 Å². The van der Waals surface area contributed by atoms with Gasteiger partial charge in [-0.2, -0.15) is 0 Å². The first-order valence-electron chi connectivity index (χ1n) is 6.97. The van der Waals surface area contributed by atoms with Gasteiger partial charge in [0.1, 0.15) is 0 Å². The molecule has 2 rings (SSSR count). The fraction of sp³-hybridized carbons (Fsp3) is 0.250. The van der Waals surface area contributed by atoms with E-state index in [9.17, 15) is 19.2 Å². The van der Waals surface area contributed by atoms with E-state index in [1.54, 1.807) is 20.8 Å². The van der Waals surface area contributed by atoms with Crippen LogP contribution in [0.25, 0.3) is 0 Å². The molecule has 3 N–H and O–H groups in total. The summed E-state index contributed by atoms with van der Waals surface area (Å²) in [5, 5.41) is 9.09. The number of benzene rings is 1. The van der Waals surface area contributed by atoms with Gasteiger partial charge in [-0.15, -0.1) is 0 Å². The number of ketones is 1. The van der Waals surface area contributed by atoms with Crippen molar-refractivity contribution in [3.05, 3.63) is 67.0 Å². The Labute approximate surface area is 131 Å². The molecule has 1 heterocycles. The average Bonchev–Trinajstić information content (AvgIpc) is 2.44. The van der Waals surface area contributed by atoms with Crippen LogP contribution < -0.4 is 11.2 Å². The van der Waals surface area contributed by atoms with Crippen molar-refractivity contribution in [2.75, 3.05) is 0 Å². The zero-order chi connectivity index (χ0) is 17.3. The maximum absolute atomic E-state index is 12.7. The summed E-state index contributed by atoms with van der Waals surface area (Å²) in [7, 11) is 0. The molecule has 0 radical (unpaired) electrons. The molecule has 2 aromatic rings. The molecule has 0 saturated heterocycles. The number of carboxylic acids is 1. The van der Waals surface area contributed by atoms with Crippen LogP contribution in [0.5, 0.6) is 0 Å². The second-order valence-electron chi connectivity index (χ2n) is 5.57. The van der Waals surface area contributed by atoms with Crippen LogP contribution in [0.4, 0.5) is 0 Å². The first-order chi connectivity index (χ1) is 10.7. The molecule has 1 aromatic heterocycles. The van der Waals surface area contributed by atoms with E-state index in [1.165, 1.54) is 18.2 Å². The standard InChI is InChI=1S/C16H16N2O5/c1-7(2)11-12(17-16(23)18-14(11)20)13(19)9-4-8(3)5-10(6-9)15(21)22/h4-7H,1-3H3,(H,21,22)(H2,17,18,20,23). The number of H-pyrrole nitrogens is 2. The number of aryl methyl sites for hydroxylation is 1. The molecule has 7 heteroatoms. The largest absolute Gasteiger partial charge is 0.478 e. The highest BCUT2D eigenvalue weighted by Crippen LogP contribution is 2.18. The van der Waals surface area contributed by atoms with E-state index in [4.69, 9.17) is 5.11 Å². The lowest BCUT2D eigenvalue weighted by Crippen LogP contribution is -2.30. The van der Waals surface area contributed by atoms with Crippen LogP contribution in [0, 0.1) is 6.92 Å². The Morgan fingerprint density at radius 2 is 1.65 bits per heavy atom. The normalized spacial score (nSPS) is 10.8. The number of carboxylic acid groups (broad SMARTS) is 1. The molecule has 0 fully saturated rings. The number of aromatic amines is 2. The molecule has 0 aliphatic carbocycles. The molecule has 120 valence electrons. The van der Waals surface area contributed by atoms with Gasteiger partial charge < -0.3 is 10.1 Å². The Balaban J connectivity index is 2.69. The Kier molecular flexibility index (Phi) is 4.31. The fourth-order valence-corrected chi connectivity index (χ4v) is 2.41. The second kappa shape index (κ2) is 6.04. The van der Waals surface area contributed by atoms with Crippen LogP contribution in [0.1, 0.15) is 57.3 Å². The van der Waals surface area contributed by atoms with Gasteiger partial charge in [0.05, 0.1) is 11.3 Å². The smallest absolute Gasteiger partial charge is 0.335 e. The maximum Gasteiger partial charge on any atom is 0.335 e. The number of carbonyl (C=O) groups is 2. The molecule has 0 atom stereocenters. The average molecular weight is 316 g/mol. The van der Waals surface area contributed by atoms with Crippen LogP contribution in [-0.2, 0) is 0 Å². The van der Waals surface area contributed by atoms with Crippen molar-refractivity contribution < 1.29 is 14.7 Å². The van der Waals surface area contributed by atoms with Gasteiger partial charge in [0, 0.05) is 11.1 Å². The highest BCUT2D eigenvalue weighted by Gasteiger charge is 2.21. The molecule has 7 nitrogen and oxygen atoms in total. The molecule has 0 spiro atoms. The Hall–Kier alpha value is -2.96. The Morgan fingerprint density at radius 3 is 2.22 bits per heavy atom. The quantitative estimate of drug-likeness (QED) is 0.737. The molecule has 0 bridgehead atoms. The highest BCUT2D eigenvalue weighted by molar-refractivity contribution is 6.09. The van der Waals surface area contributed by atoms with Gasteiger partial charge in [0.25, 0.3) is 5.56 Å². The van der Waals surface area contributed by atoms with E-state index in [0.717, 1.165) is 0 Å². The lowest BCUT2D eigenvalue weighted by molar-refractivity contribution is 0.0696. The predicted octanol–water partition coefficient (Wildman–Crippen LogP) is 1.42. The molecular weight excluding hydrogens is 300 g/mol. The van der Waals surface area contributed by atoms with E-state index in [1.807, 2.05) is 0 Å². The summed E-state index contributed by atoms with van der Waals surface area (Å²) in [6, 6.07) is 4.17. The van der Waals surface area contributed by atoms with Crippen LogP contribution in [0.15, 0.2) is 27.8 Å². The summed E-state index contributed by atoms with van der Waals surface area (Å²) >= 11 is 0. The number of aromatic carboxylic acids is 1. The van der Waals surface area contributed by atoms with Gasteiger partial charge >= 0.3 is 11.7 Å². The third kappa shape index (κ3) is 3.28. The fourth-order valence-electron chi connectivity index (χ4n) is 2.41. The maximum atomic E-state index is 12.7. The second-order valence-corrected chi connectivity index (χ2v) is 5.57. The van der Waals surface area contributed by atoms with Gasteiger partial charge in [-0.05, 0) is 36.6 Å². The van der Waals surface area contributed by atoms with Crippen molar-refractivity contribution in [3.8, 4) is 0 Å². The van der Waals surface area contributed by atoms with Crippen molar-refractivity contribution >= 4 is 11.8 Å². The summed E-state index contributed by atoms with van der Waals surface area (Å²) in [6.07, 6.45) is 0. The van der Waals surface area contributed by atoms with Crippen molar-refractivity contribution in [2.24, 2.45) is 0 Å². The summed E-state index contributed by atoms with van der Waals surface area (Å²) in [5.74, 6) is -2.05. The van der Waals surface area contributed by atoms with Crippen molar-refractivity contribution in [3.63, 3.8) is 0 Å². The number of nitrogens with one attached hydrogen (secondary N) is 2. The number of hydrogen-bond acceptors (Lipinski definition) is 4. The molecule has 0 aliphatic heterocycles. The van der Waals surface area contributed by atoms with Crippen LogP contribution in [0.3, 0.4) is 0 Å². The highest BCUT2D eigenvalue weighted by atomic mass is 16.4. The molecule has 0 saturated carbocycles. The van der Waals surface area contributed by atoms with E-state index >= 15 is 0 Å². The lowest BCUT2D eigenvalue weighted by Gasteiger charge is -2.11. The molecular formula is C16H16N2O5. The van der Waals surface area contributed by atoms with Gasteiger partial charge in [-0.25, -0.2) is 9.59 Å². The Bertz CT molecular complexity index is 905. The first-order valence-corrected chi connectivity index (χ1v) is 6.97. The number of rotatable bonds is 4. The minimum absolute atomic E-state index is 0.0355. The molecule has 23 heavy (non-hydrogen) atoms. The lowest BCUT2D eigenvalue weighted by atomic mass is 9.95. The molecule has 0 amide bonds.